The molecule has 132 valence electrons. The molecule has 0 aromatic carbocycles. The molecule has 0 saturated carbocycles. The quantitative estimate of drug-likeness (QED) is 0.323. The zero-order chi connectivity index (χ0) is 16.5. The minimum Gasteiger partial charge on any atom is -0.463 e. The standard InChI is InChI=1S/C17H34O5/c1-4-5-6-7-10-19-12-14-21-15-13-20-11-8-9-17(18)22-16(2)3/h16H,4-15H2,1-3H3. The van der Waals surface area contributed by atoms with Gasteiger partial charge >= 0.3 is 5.97 Å². The van der Waals surface area contributed by atoms with Gasteiger partial charge < -0.3 is 18.9 Å². The van der Waals surface area contributed by atoms with E-state index >= 15 is 0 Å². The van der Waals surface area contributed by atoms with Gasteiger partial charge in [0, 0.05) is 19.6 Å². The smallest absolute Gasteiger partial charge is 0.306 e. The first-order valence-electron chi connectivity index (χ1n) is 8.59. The molecule has 0 radical (unpaired) electrons. The van der Waals surface area contributed by atoms with Gasteiger partial charge in [-0.3, -0.25) is 4.79 Å². The van der Waals surface area contributed by atoms with Crippen molar-refractivity contribution in [3.63, 3.8) is 0 Å². The molecule has 0 saturated heterocycles. The third-order valence-corrected chi connectivity index (χ3v) is 2.92. The topological polar surface area (TPSA) is 54.0 Å². The summed E-state index contributed by atoms with van der Waals surface area (Å²) in [4.78, 5) is 11.3. The Kier molecular flexibility index (Phi) is 16.2. The molecule has 0 rings (SSSR count). The van der Waals surface area contributed by atoms with Gasteiger partial charge in [-0.25, -0.2) is 0 Å². The summed E-state index contributed by atoms with van der Waals surface area (Å²) in [6.07, 6.45) is 5.97. The molecule has 5 heteroatoms. The number of unbranched alkanes of at least 4 members (excludes halogenated alkanes) is 3. The van der Waals surface area contributed by atoms with E-state index in [9.17, 15) is 4.79 Å². The van der Waals surface area contributed by atoms with Gasteiger partial charge in [-0.2, -0.15) is 0 Å². The average molecular weight is 318 g/mol. The Morgan fingerprint density at radius 3 is 1.86 bits per heavy atom. The summed E-state index contributed by atoms with van der Waals surface area (Å²) >= 11 is 0. The first kappa shape index (κ1) is 21.4. The second-order valence-electron chi connectivity index (χ2n) is 5.54. The van der Waals surface area contributed by atoms with E-state index < -0.39 is 0 Å². The molecule has 0 N–H and O–H groups in total. The zero-order valence-corrected chi connectivity index (χ0v) is 14.6. The molecule has 0 atom stereocenters. The summed E-state index contributed by atoms with van der Waals surface area (Å²) in [5.41, 5.74) is 0. The van der Waals surface area contributed by atoms with Crippen molar-refractivity contribution in [2.75, 3.05) is 39.6 Å². The SMILES string of the molecule is CCCCCCOCCOCCOCCCC(=O)OC(C)C. The Labute approximate surface area is 135 Å². The van der Waals surface area contributed by atoms with E-state index in [0.717, 1.165) is 13.0 Å². The predicted molar refractivity (Wildman–Crippen MR) is 87.1 cm³/mol. The molecule has 0 aliphatic carbocycles. The lowest BCUT2D eigenvalue weighted by atomic mass is 10.2. The van der Waals surface area contributed by atoms with E-state index in [-0.39, 0.29) is 12.1 Å². The van der Waals surface area contributed by atoms with Crippen LogP contribution in [-0.2, 0) is 23.7 Å². The highest BCUT2D eigenvalue weighted by Gasteiger charge is 2.04. The fourth-order valence-corrected chi connectivity index (χ4v) is 1.81. The fraction of sp³-hybridized carbons (Fsp3) is 0.941. The maximum absolute atomic E-state index is 11.3. The molecule has 0 heterocycles. The minimum absolute atomic E-state index is 0.0457. The molecule has 0 aliphatic rings. The highest BCUT2D eigenvalue weighted by molar-refractivity contribution is 5.69. The van der Waals surface area contributed by atoms with E-state index in [0.29, 0.717) is 45.9 Å². The van der Waals surface area contributed by atoms with Crippen LogP contribution in [0.3, 0.4) is 0 Å². The van der Waals surface area contributed by atoms with E-state index in [2.05, 4.69) is 6.92 Å². The van der Waals surface area contributed by atoms with Gasteiger partial charge in [0.2, 0.25) is 0 Å². The molecule has 5 nitrogen and oxygen atoms in total. The molecule has 0 unspecified atom stereocenters. The number of rotatable bonds is 16. The number of ether oxygens (including phenoxy) is 4. The lowest BCUT2D eigenvalue weighted by Crippen LogP contribution is -2.13. The number of esters is 1. The zero-order valence-electron chi connectivity index (χ0n) is 14.6. The van der Waals surface area contributed by atoms with Crippen LogP contribution in [0.1, 0.15) is 59.3 Å². The van der Waals surface area contributed by atoms with Gasteiger partial charge in [-0.15, -0.1) is 0 Å². The van der Waals surface area contributed by atoms with Crippen LogP contribution in [0, 0.1) is 0 Å². The lowest BCUT2D eigenvalue weighted by molar-refractivity contribution is -0.147. The Hall–Kier alpha value is -0.650. The maximum Gasteiger partial charge on any atom is 0.306 e. The maximum atomic E-state index is 11.3. The molecule has 0 fully saturated rings. The van der Waals surface area contributed by atoms with Crippen LogP contribution in [0.4, 0.5) is 0 Å². The summed E-state index contributed by atoms with van der Waals surface area (Å²) in [6.45, 7) is 9.66. The average Bonchev–Trinajstić information content (AvgIpc) is 2.47. The molecular weight excluding hydrogens is 284 g/mol. The molecule has 0 spiro atoms. The summed E-state index contributed by atoms with van der Waals surface area (Å²) in [5.74, 6) is -0.161. The van der Waals surface area contributed by atoms with Crippen molar-refractivity contribution in [3.8, 4) is 0 Å². The van der Waals surface area contributed by atoms with Crippen molar-refractivity contribution in [1.29, 1.82) is 0 Å². The molecule has 22 heavy (non-hydrogen) atoms. The van der Waals surface area contributed by atoms with Crippen molar-refractivity contribution < 1.29 is 23.7 Å². The monoisotopic (exact) mass is 318 g/mol. The summed E-state index contributed by atoms with van der Waals surface area (Å²) in [5, 5.41) is 0. The largest absolute Gasteiger partial charge is 0.463 e. The minimum atomic E-state index is -0.161. The van der Waals surface area contributed by atoms with Gasteiger partial charge in [0.1, 0.15) is 0 Å². The molecular formula is C17H34O5. The van der Waals surface area contributed by atoms with Crippen molar-refractivity contribution in [3.05, 3.63) is 0 Å². The van der Waals surface area contributed by atoms with E-state index in [1.807, 2.05) is 13.8 Å². The van der Waals surface area contributed by atoms with Crippen LogP contribution in [0.15, 0.2) is 0 Å². The normalized spacial score (nSPS) is 11.1. The number of carbonyl (C=O) groups is 1. The number of carbonyl (C=O) groups excluding carboxylic acids is 1. The van der Waals surface area contributed by atoms with Crippen molar-refractivity contribution in [1.82, 2.24) is 0 Å². The first-order chi connectivity index (χ1) is 10.7. The van der Waals surface area contributed by atoms with E-state index in [1.54, 1.807) is 0 Å². The number of hydrogen-bond donors (Lipinski definition) is 0. The van der Waals surface area contributed by atoms with Crippen LogP contribution in [0.25, 0.3) is 0 Å². The second-order valence-corrected chi connectivity index (χ2v) is 5.54. The van der Waals surface area contributed by atoms with Crippen molar-refractivity contribution in [2.45, 2.75) is 65.4 Å². The summed E-state index contributed by atoms with van der Waals surface area (Å²) < 4.78 is 21.3. The highest BCUT2D eigenvalue weighted by atomic mass is 16.5. The lowest BCUT2D eigenvalue weighted by Gasteiger charge is -2.08. The summed E-state index contributed by atoms with van der Waals surface area (Å²) in [7, 11) is 0. The van der Waals surface area contributed by atoms with Gasteiger partial charge in [0.15, 0.2) is 0 Å². The van der Waals surface area contributed by atoms with Crippen LogP contribution < -0.4 is 0 Å². The van der Waals surface area contributed by atoms with Gasteiger partial charge in [0.25, 0.3) is 0 Å². The Morgan fingerprint density at radius 1 is 0.773 bits per heavy atom. The molecule has 0 aromatic heterocycles. The van der Waals surface area contributed by atoms with Gasteiger partial charge in [-0.1, -0.05) is 26.2 Å². The van der Waals surface area contributed by atoms with Crippen LogP contribution >= 0.6 is 0 Å². The van der Waals surface area contributed by atoms with Crippen LogP contribution in [0.5, 0.6) is 0 Å². The third-order valence-electron chi connectivity index (χ3n) is 2.92. The second kappa shape index (κ2) is 16.7. The Bertz CT molecular complexity index is 243. The first-order valence-corrected chi connectivity index (χ1v) is 8.59. The van der Waals surface area contributed by atoms with Gasteiger partial charge in [0.05, 0.1) is 32.5 Å². The summed E-state index contributed by atoms with van der Waals surface area (Å²) in [6, 6.07) is 0. The van der Waals surface area contributed by atoms with Crippen molar-refractivity contribution in [2.24, 2.45) is 0 Å². The van der Waals surface area contributed by atoms with Crippen molar-refractivity contribution >= 4 is 5.97 Å². The highest BCUT2D eigenvalue weighted by Crippen LogP contribution is 1.99. The predicted octanol–water partition coefficient (Wildman–Crippen LogP) is 3.35. The third kappa shape index (κ3) is 17.4. The molecule has 0 amide bonds. The Morgan fingerprint density at radius 2 is 1.32 bits per heavy atom. The van der Waals surface area contributed by atoms with E-state index in [4.69, 9.17) is 18.9 Å². The Balaban J connectivity index is 3.07. The van der Waals surface area contributed by atoms with Gasteiger partial charge in [-0.05, 0) is 26.7 Å². The molecule has 0 aromatic rings. The van der Waals surface area contributed by atoms with E-state index in [1.165, 1.54) is 19.3 Å². The molecule has 0 bridgehead atoms. The number of hydrogen-bond acceptors (Lipinski definition) is 5. The van der Waals surface area contributed by atoms with Crippen LogP contribution in [0.2, 0.25) is 0 Å². The molecule has 0 aliphatic heterocycles. The fourth-order valence-electron chi connectivity index (χ4n) is 1.81. The van der Waals surface area contributed by atoms with Crippen LogP contribution in [-0.4, -0.2) is 51.7 Å².